The number of hydrogen-bond donors (Lipinski definition) is 2. The molecule has 0 saturated heterocycles. The van der Waals surface area contributed by atoms with E-state index in [1.54, 1.807) is 6.92 Å². The zero-order chi connectivity index (χ0) is 8.48. The van der Waals surface area contributed by atoms with E-state index in [0.717, 1.165) is 4.68 Å². The van der Waals surface area contributed by atoms with Crippen LogP contribution in [0.2, 0.25) is 0 Å². The van der Waals surface area contributed by atoms with Gasteiger partial charge in [-0.1, -0.05) is 5.21 Å². The lowest BCUT2D eigenvalue weighted by atomic mass is 10.6. The van der Waals surface area contributed by atoms with Crippen LogP contribution in [0, 0.1) is 6.92 Å². The van der Waals surface area contributed by atoms with Gasteiger partial charge in [-0.2, -0.15) is 0 Å². The van der Waals surface area contributed by atoms with E-state index >= 15 is 0 Å². The third-order valence-electron chi connectivity index (χ3n) is 0.982. The summed E-state index contributed by atoms with van der Waals surface area (Å²) in [7, 11) is -4.01. The van der Waals surface area contributed by atoms with Gasteiger partial charge < -0.3 is 9.79 Å². The molecule has 0 aliphatic rings. The minimum Gasteiger partial charge on any atom is -0.323 e. The van der Waals surface area contributed by atoms with Crippen LogP contribution in [0.25, 0.3) is 0 Å². The Bertz CT molecular complexity index is 291. The maximum atomic E-state index is 10.4. The van der Waals surface area contributed by atoms with Crippen molar-refractivity contribution in [2.45, 2.75) is 13.2 Å². The van der Waals surface area contributed by atoms with Gasteiger partial charge in [0.1, 0.15) is 6.29 Å². The van der Waals surface area contributed by atoms with E-state index in [0.29, 0.717) is 5.69 Å². The molecule has 11 heavy (non-hydrogen) atoms. The van der Waals surface area contributed by atoms with Crippen molar-refractivity contribution in [2.75, 3.05) is 0 Å². The molecule has 0 atom stereocenters. The standard InChI is InChI=1S/C4H8N3O3P/c1-4-2-7(6-5-4)3-11(8,9)10/h2H,3H2,1H3,(H2,8,9,10). The first-order valence-corrected chi connectivity index (χ1v) is 4.68. The lowest BCUT2D eigenvalue weighted by Crippen LogP contribution is -1.98. The van der Waals surface area contributed by atoms with Crippen LogP contribution in [0.4, 0.5) is 0 Å². The highest BCUT2D eigenvalue weighted by molar-refractivity contribution is 7.50. The summed E-state index contributed by atoms with van der Waals surface area (Å²) in [5.41, 5.74) is 0.637. The maximum Gasteiger partial charge on any atom is 0.346 e. The maximum absolute atomic E-state index is 10.4. The lowest BCUT2D eigenvalue weighted by molar-refractivity contribution is 0.358. The smallest absolute Gasteiger partial charge is 0.323 e. The zero-order valence-corrected chi connectivity index (χ0v) is 6.77. The number of rotatable bonds is 2. The van der Waals surface area contributed by atoms with Crippen LogP contribution >= 0.6 is 7.60 Å². The molecule has 7 heteroatoms. The lowest BCUT2D eigenvalue weighted by Gasteiger charge is -2.00. The Balaban J connectivity index is 2.73. The third kappa shape index (κ3) is 2.80. The molecule has 2 N–H and O–H groups in total. The van der Waals surface area contributed by atoms with Gasteiger partial charge in [0, 0.05) is 6.20 Å². The SMILES string of the molecule is Cc1cn(CP(=O)(O)O)nn1. The fourth-order valence-corrected chi connectivity index (χ4v) is 1.17. The van der Waals surface area contributed by atoms with Crippen molar-refractivity contribution >= 4 is 7.60 Å². The highest BCUT2D eigenvalue weighted by Gasteiger charge is 2.14. The first-order chi connectivity index (χ1) is 4.97. The van der Waals surface area contributed by atoms with Gasteiger partial charge in [-0.25, -0.2) is 4.68 Å². The molecule has 1 heterocycles. The fourth-order valence-electron chi connectivity index (χ4n) is 0.653. The van der Waals surface area contributed by atoms with E-state index in [1.165, 1.54) is 6.20 Å². The van der Waals surface area contributed by atoms with Crippen molar-refractivity contribution in [2.24, 2.45) is 0 Å². The predicted octanol–water partition coefficient (Wildman–Crippen LogP) is -0.278. The average Bonchev–Trinajstić information content (AvgIpc) is 2.10. The minimum atomic E-state index is -4.01. The van der Waals surface area contributed by atoms with Crippen LogP contribution in [-0.4, -0.2) is 24.8 Å². The van der Waals surface area contributed by atoms with Crippen molar-refractivity contribution in [3.63, 3.8) is 0 Å². The van der Waals surface area contributed by atoms with Crippen LogP contribution in [0.3, 0.4) is 0 Å². The highest BCUT2D eigenvalue weighted by atomic mass is 31.2. The van der Waals surface area contributed by atoms with Crippen LogP contribution < -0.4 is 0 Å². The summed E-state index contributed by atoms with van der Waals surface area (Å²) in [6, 6.07) is 0. The van der Waals surface area contributed by atoms with Gasteiger partial charge in [0.05, 0.1) is 5.69 Å². The molecule has 0 amide bonds. The Hall–Kier alpha value is -0.710. The Labute approximate surface area is 63.0 Å². The number of hydrogen-bond acceptors (Lipinski definition) is 3. The van der Waals surface area contributed by atoms with E-state index in [1.807, 2.05) is 0 Å². The van der Waals surface area contributed by atoms with E-state index in [4.69, 9.17) is 9.79 Å². The quantitative estimate of drug-likeness (QED) is 0.606. The second-order valence-corrected chi connectivity index (χ2v) is 3.82. The number of aromatic nitrogens is 3. The summed E-state index contributed by atoms with van der Waals surface area (Å²) in [6.07, 6.45) is 1.06. The van der Waals surface area contributed by atoms with Gasteiger partial charge in [0.25, 0.3) is 0 Å². The van der Waals surface area contributed by atoms with E-state index in [-0.39, 0.29) is 0 Å². The Morgan fingerprint density at radius 1 is 1.73 bits per heavy atom. The molecule has 0 saturated carbocycles. The van der Waals surface area contributed by atoms with Gasteiger partial charge in [-0.3, -0.25) is 4.57 Å². The second kappa shape index (κ2) is 2.73. The molecule has 62 valence electrons. The van der Waals surface area contributed by atoms with Crippen molar-refractivity contribution in [3.05, 3.63) is 11.9 Å². The molecule has 0 radical (unpaired) electrons. The van der Waals surface area contributed by atoms with E-state index in [2.05, 4.69) is 10.3 Å². The van der Waals surface area contributed by atoms with Gasteiger partial charge in [0.15, 0.2) is 0 Å². The Morgan fingerprint density at radius 3 is 2.73 bits per heavy atom. The van der Waals surface area contributed by atoms with Crippen LogP contribution in [0.15, 0.2) is 6.20 Å². The largest absolute Gasteiger partial charge is 0.346 e. The first-order valence-electron chi connectivity index (χ1n) is 2.89. The van der Waals surface area contributed by atoms with Crippen molar-refractivity contribution in [1.29, 1.82) is 0 Å². The molecule has 0 aromatic carbocycles. The monoisotopic (exact) mass is 177 g/mol. The molecule has 0 unspecified atom stereocenters. The van der Waals surface area contributed by atoms with Crippen LogP contribution in [0.5, 0.6) is 0 Å². The van der Waals surface area contributed by atoms with E-state index < -0.39 is 13.9 Å². The molecule has 0 aliphatic heterocycles. The molecule has 0 aliphatic carbocycles. The summed E-state index contributed by atoms with van der Waals surface area (Å²) in [5.74, 6) is 0. The van der Waals surface area contributed by atoms with Crippen LogP contribution in [-0.2, 0) is 10.9 Å². The Kier molecular flexibility index (Phi) is 2.08. The fraction of sp³-hybridized carbons (Fsp3) is 0.500. The molecule has 1 aromatic heterocycles. The predicted molar refractivity (Wildman–Crippen MR) is 36.8 cm³/mol. The molecular weight excluding hydrogens is 169 g/mol. The summed E-state index contributed by atoms with van der Waals surface area (Å²) in [4.78, 5) is 17.0. The molecule has 0 fully saturated rings. The molecule has 6 nitrogen and oxygen atoms in total. The van der Waals surface area contributed by atoms with E-state index in [9.17, 15) is 4.57 Å². The second-order valence-electron chi connectivity index (χ2n) is 2.21. The summed E-state index contributed by atoms with van der Waals surface area (Å²) in [6.45, 7) is 1.70. The van der Waals surface area contributed by atoms with Gasteiger partial charge >= 0.3 is 7.60 Å². The molecular formula is C4H8N3O3P. The normalized spacial score (nSPS) is 11.9. The first kappa shape index (κ1) is 8.39. The minimum absolute atomic E-state index is 0.409. The Morgan fingerprint density at radius 2 is 2.36 bits per heavy atom. The van der Waals surface area contributed by atoms with Gasteiger partial charge in [-0.05, 0) is 6.92 Å². The van der Waals surface area contributed by atoms with Gasteiger partial charge in [-0.15, -0.1) is 5.10 Å². The number of nitrogens with zero attached hydrogens (tertiary/aromatic N) is 3. The van der Waals surface area contributed by atoms with Crippen molar-refractivity contribution < 1.29 is 14.4 Å². The molecule has 1 rings (SSSR count). The molecule has 1 aromatic rings. The van der Waals surface area contributed by atoms with Crippen molar-refractivity contribution in [3.8, 4) is 0 Å². The van der Waals surface area contributed by atoms with Gasteiger partial charge in [0.2, 0.25) is 0 Å². The summed E-state index contributed by atoms with van der Waals surface area (Å²) in [5, 5.41) is 7.05. The third-order valence-corrected chi connectivity index (χ3v) is 1.64. The summed E-state index contributed by atoms with van der Waals surface area (Å²) < 4.78 is 11.5. The number of aryl methyl sites for hydroxylation is 1. The molecule has 0 bridgehead atoms. The van der Waals surface area contributed by atoms with Crippen LogP contribution in [0.1, 0.15) is 5.69 Å². The topological polar surface area (TPSA) is 88.2 Å². The molecule has 0 spiro atoms. The zero-order valence-electron chi connectivity index (χ0n) is 5.88. The van der Waals surface area contributed by atoms with Crippen molar-refractivity contribution in [1.82, 2.24) is 15.0 Å². The average molecular weight is 177 g/mol. The summed E-state index contributed by atoms with van der Waals surface area (Å²) >= 11 is 0. The highest BCUT2D eigenvalue weighted by Crippen LogP contribution is 2.35.